The van der Waals surface area contributed by atoms with Crippen molar-refractivity contribution in [3.63, 3.8) is 0 Å². The van der Waals surface area contributed by atoms with Crippen LogP contribution in [0.2, 0.25) is 0 Å². The zero-order chi connectivity index (χ0) is 13.8. The fraction of sp³-hybridized carbons (Fsp3) is 0.154. The molecule has 1 heterocycles. The average molecular weight is 358 g/mol. The molecule has 0 saturated carbocycles. The molecule has 0 fully saturated rings. The minimum atomic E-state index is 0.340. The smallest absolute Gasteiger partial charge is 0.161 e. The van der Waals surface area contributed by atoms with Crippen LogP contribution in [-0.2, 0) is 6.61 Å². The van der Waals surface area contributed by atoms with E-state index in [4.69, 9.17) is 27.4 Å². The van der Waals surface area contributed by atoms with Gasteiger partial charge in [0.15, 0.2) is 11.5 Å². The molecule has 2 N–H and O–H groups in total. The number of benzene rings is 1. The van der Waals surface area contributed by atoms with E-state index in [0.29, 0.717) is 23.1 Å². The van der Waals surface area contributed by atoms with Crippen LogP contribution in [0.4, 0.5) is 0 Å². The number of thiophene rings is 1. The van der Waals surface area contributed by atoms with Crippen molar-refractivity contribution in [1.82, 2.24) is 0 Å². The number of nitrogens with two attached hydrogens (primary N) is 1. The van der Waals surface area contributed by atoms with Gasteiger partial charge in [0.05, 0.1) is 10.9 Å². The summed E-state index contributed by atoms with van der Waals surface area (Å²) in [7, 11) is 1.59. The molecule has 0 atom stereocenters. The molecule has 0 aliphatic heterocycles. The third-order valence-corrected chi connectivity index (χ3v) is 4.28. The van der Waals surface area contributed by atoms with Crippen LogP contribution >= 0.6 is 39.5 Å². The van der Waals surface area contributed by atoms with Gasteiger partial charge in [0.25, 0.3) is 0 Å². The van der Waals surface area contributed by atoms with E-state index in [0.717, 1.165) is 14.2 Å². The molecule has 0 unspecified atom stereocenters. The summed E-state index contributed by atoms with van der Waals surface area (Å²) in [4.78, 5) is 1.47. The summed E-state index contributed by atoms with van der Waals surface area (Å²) >= 11 is 10.00. The van der Waals surface area contributed by atoms with E-state index in [1.807, 2.05) is 24.3 Å². The first kappa shape index (κ1) is 14.3. The summed E-state index contributed by atoms with van der Waals surface area (Å²) in [6.45, 7) is 0.499. The summed E-state index contributed by atoms with van der Waals surface area (Å²) in [5.41, 5.74) is 6.35. The predicted molar refractivity (Wildman–Crippen MR) is 85.2 cm³/mol. The van der Waals surface area contributed by atoms with E-state index in [1.165, 1.54) is 0 Å². The first-order chi connectivity index (χ1) is 9.10. The molecule has 0 bridgehead atoms. The number of halogens is 1. The lowest BCUT2D eigenvalue weighted by Gasteiger charge is -2.11. The minimum Gasteiger partial charge on any atom is -0.493 e. The van der Waals surface area contributed by atoms with Crippen molar-refractivity contribution in [3.8, 4) is 11.5 Å². The van der Waals surface area contributed by atoms with Gasteiger partial charge in [-0.3, -0.25) is 0 Å². The number of thiocarbonyl (C=S) groups is 1. The largest absolute Gasteiger partial charge is 0.493 e. The Labute approximate surface area is 129 Å². The van der Waals surface area contributed by atoms with Crippen LogP contribution in [-0.4, -0.2) is 12.1 Å². The number of methoxy groups -OCH3 is 1. The average Bonchev–Trinajstić information content (AvgIpc) is 2.81. The van der Waals surface area contributed by atoms with Gasteiger partial charge in [-0.1, -0.05) is 12.2 Å². The number of ether oxygens (including phenoxy) is 2. The predicted octanol–water partition coefficient (Wildman–Crippen LogP) is 3.73. The molecular weight excluding hydrogens is 346 g/mol. The first-order valence-electron chi connectivity index (χ1n) is 5.45. The molecule has 0 spiro atoms. The minimum absolute atomic E-state index is 0.340. The van der Waals surface area contributed by atoms with Gasteiger partial charge in [-0.15, -0.1) is 11.3 Å². The zero-order valence-electron chi connectivity index (χ0n) is 10.2. The van der Waals surface area contributed by atoms with Crippen LogP contribution in [0.5, 0.6) is 11.5 Å². The highest BCUT2D eigenvalue weighted by molar-refractivity contribution is 9.11. The van der Waals surface area contributed by atoms with Crippen LogP contribution in [0.25, 0.3) is 0 Å². The Bertz CT molecular complexity index is 598. The number of hydrogen-bond acceptors (Lipinski definition) is 4. The second kappa shape index (κ2) is 6.36. The normalized spacial score (nSPS) is 10.2. The summed E-state index contributed by atoms with van der Waals surface area (Å²) < 4.78 is 12.1. The molecule has 0 aliphatic rings. The second-order valence-corrected chi connectivity index (χ2v) is 6.71. The van der Waals surface area contributed by atoms with Crippen molar-refractivity contribution >= 4 is 44.5 Å². The topological polar surface area (TPSA) is 44.5 Å². The molecule has 19 heavy (non-hydrogen) atoms. The maximum atomic E-state index is 5.74. The van der Waals surface area contributed by atoms with Gasteiger partial charge in [-0.2, -0.15) is 0 Å². The molecule has 2 rings (SSSR count). The zero-order valence-corrected chi connectivity index (χ0v) is 13.4. The van der Waals surface area contributed by atoms with Gasteiger partial charge >= 0.3 is 0 Å². The van der Waals surface area contributed by atoms with Gasteiger partial charge in [0, 0.05) is 10.4 Å². The van der Waals surface area contributed by atoms with E-state index < -0.39 is 0 Å². The molecule has 0 radical (unpaired) electrons. The first-order valence-corrected chi connectivity index (χ1v) is 7.47. The lowest BCUT2D eigenvalue weighted by molar-refractivity contribution is 0.287. The SMILES string of the molecule is COc1cc(C(N)=S)ccc1OCc1ccc(Br)s1. The third kappa shape index (κ3) is 3.68. The standard InChI is InChI=1S/C13H12BrNO2S2/c1-16-11-6-8(13(15)18)2-4-10(11)17-7-9-3-5-12(14)19-9/h2-6H,7H2,1H3,(H2,15,18). The Morgan fingerprint density at radius 2 is 2.11 bits per heavy atom. The van der Waals surface area contributed by atoms with Crippen LogP contribution in [0.1, 0.15) is 10.4 Å². The van der Waals surface area contributed by atoms with Crippen molar-refractivity contribution in [3.05, 3.63) is 44.6 Å². The summed E-state index contributed by atoms with van der Waals surface area (Å²) in [6, 6.07) is 9.43. The third-order valence-electron chi connectivity index (χ3n) is 2.45. The molecule has 0 saturated heterocycles. The van der Waals surface area contributed by atoms with Crippen molar-refractivity contribution in [2.24, 2.45) is 5.73 Å². The van der Waals surface area contributed by atoms with Gasteiger partial charge in [0.1, 0.15) is 11.6 Å². The Hall–Kier alpha value is -1.11. The Balaban J connectivity index is 2.13. The summed E-state index contributed by atoms with van der Waals surface area (Å²) in [5.74, 6) is 1.30. The monoisotopic (exact) mass is 357 g/mol. The molecule has 100 valence electrons. The second-order valence-electron chi connectivity index (χ2n) is 3.72. The molecule has 0 amide bonds. The van der Waals surface area contributed by atoms with Crippen LogP contribution in [0.15, 0.2) is 34.1 Å². The molecule has 3 nitrogen and oxygen atoms in total. The molecule has 1 aromatic heterocycles. The Morgan fingerprint density at radius 1 is 1.32 bits per heavy atom. The lowest BCUT2D eigenvalue weighted by Crippen LogP contribution is -2.09. The Morgan fingerprint density at radius 3 is 2.68 bits per heavy atom. The van der Waals surface area contributed by atoms with Gasteiger partial charge in [-0.05, 0) is 46.3 Å². The van der Waals surface area contributed by atoms with E-state index in [-0.39, 0.29) is 0 Å². The highest BCUT2D eigenvalue weighted by Gasteiger charge is 2.08. The van der Waals surface area contributed by atoms with Crippen LogP contribution in [0, 0.1) is 0 Å². The maximum Gasteiger partial charge on any atom is 0.161 e. The molecule has 0 aliphatic carbocycles. The molecular formula is C13H12BrNO2S2. The lowest BCUT2D eigenvalue weighted by atomic mass is 10.2. The quantitative estimate of drug-likeness (QED) is 0.828. The van der Waals surface area contributed by atoms with Crippen molar-refractivity contribution in [2.45, 2.75) is 6.61 Å². The fourth-order valence-corrected chi connectivity index (χ4v) is 3.04. The summed E-state index contributed by atoms with van der Waals surface area (Å²) in [5, 5.41) is 0. The van der Waals surface area contributed by atoms with Gasteiger partial charge < -0.3 is 15.2 Å². The molecule has 1 aromatic carbocycles. The van der Waals surface area contributed by atoms with Crippen LogP contribution < -0.4 is 15.2 Å². The fourth-order valence-electron chi connectivity index (χ4n) is 1.52. The highest BCUT2D eigenvalue weighted by Crippen LogP contribution is 2.30. The molecule has 2 aromatic rings. The van der Waals surface area contributed by atoms with E-state index >= 15 is 0 Å². The molecule has 6 heteroatoms. The number of rotatable bonds is 5. The Kier molecular flexibility index (Phi) is 4.79. The van der Waals surface area contributed by atoms with E-state index in [1.54, 1.807) is 24.5 Å². The van der Waals surface area contributed by atoms with Crippen molar-refractivity contribution < 1.29 is 9.47 Å². The number of hydrogen-bond donors (Lipinski definition) is 1. The van der Waals surface area contributed by atoms with E-state index in [9.17, 15) is 0 Å². The summed E-state index contributed by atoms with van der Waals surface area (Å²) in [6.07, 6.45) is 0. The van der Waals surface area contributed by atoms with Gasteiger partial charge in [0.2, 0.25) is 0 Å². The van der Waals surface area contributed by atoms with E-state index in [2.05, 4.69) is 15.9 Å². The highest BCUT2D eigenvalue weighted by atomic mass is 79.9. The van der Waals surface area contributed by atoms with Crippen LogP contribution in [0.3, 0.4) is 0 Å². The maximum absolute atomic E-state index is 5.74. The van der Waals surface area contributed by atoms with Gasteiger partial charge in [-0.25, -0.2) is 0 Å². The van der Waals surface area contributed by atoms with Crippen molar-refractivity contribution in [1.29, 1.82) is 0 Å². The van der Waals surface area contributed by atoms with Crippen molar-refractivity contribution in [2.75, 3.05) is 7.11 Å².